The van der Waals surface area contributed by atoms with Crippen molar-refractivity contribution in [1.82, 2.24) is 4.98 Å². The van der Waals surface area contributed by atoms with Crippen LogP contribution in [-0.4, -0.2) is 4.98 Å². The Labute approximate surface area is 140 Å². The lowest BCUT2D eigenvalue weighted by Gasteiger charge is -2.09. The zero-order chi connectivity index (χ0) is 16.7. The zero-order valence-corrected chi connectivity index (χ0v) is 15.0. The summed E-state index contributed by atoms with van der Waals surface area (Å²) in [7, 11) is 0. The van der Waals surface area contributed by atoms with E-state index >= 15 is 0 Å². The van der Waals surface area contributed by atoms with Crippen LogP contribution in [0.5, 0.6) is 0 Å². The van der Waals surface area contributed by atoms with Crippen LogP contribution in [0.3, 0.4) is 0 Å². The van der Waals surface area contributed by atoms with Crippen molar-refractivity contribution in [2.24, 2.45) is 0 Å². The molecule has 1 heterocycles. The van der Waals surface area contributed by atoms with E-state index in [0.29, 0.717) is 0 Å². The van der Waals surface area contributed by atoms with E-state index in [4.69, 9.17) is 0 Å². The van der Waals surface area contributed by atoms with Gasteiger partial charge >= 0.3 is 0 Å². The van der Waals surface area contributed by atoms with Gasteiger partial charge in [0.1, 0.15) is 0 Å². The first kappa shape index (κ1) is 17.8. The maximum Gasteiger partial charge on any atom is 0.192 e. The molecule has 2 rings (SSSR count). The van der Waals surface area contributed by atoms with Crippen molar-refractivity contribution < 1.29 is 0 Å². The van der Waals surface area contributed by atoms with E-state index in [2.05, 4.69) is 24.9 Å². The van der Waals surface area contributed by atoms with Gasteiger partial charge in [-0.3, -0.25) is 4.79 Å². The van der Waals surface area contributed by atoms with Crippen molar-refractivity contribution in [3.05, 3.63) is 45.2 Å². The second-order valence-corrected chi connectivity index (χ2v) is 6.78. The summed E-state index contributed by atoms with van der Waals surface area (Å²) in [5.41, 5.74) is 4.38. The van der Waals surface area contributed by atoms with Crippen LogP contribution in [0.25, 0.3) is 10.9 Å². The molecule has 0 aliphatic carbocycles. The van der Waals surface area contributed by atoms with Crippen LogP contribution >= 0.6 is 0 Å². The highest BCUT2D eigenvalue weighted by atomic mass is 16.1. The third-order valence-electron chi connectivity index (χ3n) is 4.84. The van der Waals surface area contributed by atoms with Gasteiger partial charge in [-0.2, -0.15) is 0 Å². The maximum atomic E-state index is 12.7. The molecule has 0 bridgehead atoms. The van der Waals surface area contributed by atoms with Crippen LogP contribution in [0.4, 0.5) is 0 Å². The summed E-state index contributed by atoms with van der Waals surface area (Å²) in [6.07, 6.45) is 11.3. The summed E-state index contributed by atoms with van der Waals surface area (Å²) < 4.78 is 0. The van der Waals surface area contributed by atoms with Gasteiger partial charge in [0, 0.05) is 16.6 Å². The van der Waals surface area contributed by atoms with E-state index in [9.17, 15) is 4.79 Å². The first-order valence-corrected chi connectivity index (χ1v) is 9.26. The highest BCUT2D eigenvalue weighted by Crippen LogP contribution is 2.17. The van der Waals surface area contributed by atoms with E-state index in [1.165, 1.54) is 44.9 Å². The molecule has 1 N–H and O–H groups in total. The molecule has 23 heavy (non-hydrogen) atoms. The Balaban J connectivity index is 1.92. The van der Waals surface area contributed by atoms with Gasteiger partial charge < -0.3 is 4.98 Å². The molecular weight excluding hydrogens is 282 g/mol. The van der Waals surface area contributed by atoms with Gasteiger partial charge in [0.25, 0.3) is 0 Å². The van der Waals surface area contributed by atoms with Crippen LogP contribution in [0, 0.1) is 13.8 Å². The number of benzene rings is 1. The second-order valence-electron chi connectivity index (χ2n) is 6.78. The number of hydrogen-bond acceptors (Lipinski definition) is 1. The molecular formula is C21H31NO. The molecule has 0 aliphatic heterocycles. The molecule has 0 spiro atoms. The summed E-state index contributed by atoms with van der Waals surface area (Å²) in [5, 5.41) is 0.838. The number of aryl methyl sites for hydroxylation is 2. The summed E-state index contributed by atoms with van der Waals surface area (Å²) in [6, 6.07) is 5.97. The minimum atomic E-state index is 0.225. The number of fused-ring (bicyclic) bond motifs is 1. The summed E-state index contributed by atoms with van der Waals surface area (Å²) in [4.78, 5) is 16.2. The molecule has 0 unspecified atom stereocenters. The van der Waals surface area contributed by atoms with Crippen molar-refractivity contribution in [3.8, 4) is 0 Å². The molecule has 0 atom stereocenters. The molecule has 0 saturated carbocycles. The SMILES string of the molecule is CCCCCCCCCCc1c(C)[nH]c2c(C)cccc2c1=O. The van der Waals surface area contributed by atoms with Gasteiger partial charge in [0.05, 0.1) is 5.52 Å². The van der Waals surface area contributed by atoms with Gasteiger partial charge in [-0.05, 0) is 38.3 Å². The highest BCUT2D eigenvalue weighted by molar-refractivity contribution is 5.82. The summed E-state index contributed by atoms with van der Waals surface area (Å²) in [5.74, 6) is 0. The van der Waals surface area contributed by atoms with Crippen LogP contribution in [0.15, 0.2) is 23.0 Å². The minimum Gasteiger partial charge on any atom is -0.358 e. The molecule has 0 aliphatic rings. The lowest BCUT2D eigenvalue weighted by molar-refractivity contribution is 0.575. The standard InChI is InChI=1S/C21H31NO/c1-4-5-6-7-8-9-10-11-14-18-17(3)22-20-16(2)13-12-15-19(20)21(18)23/h12-13,15H,4-11,14H2,1-3H3,(H,22,23). The van der Waals surface area contributed by atoms with Crippen LogP contribution < -0.4 is 5.43 Å². The molecule has 0 radical (unpaired) electrons. The Morgan fingerprint density at radius 3 is 2.26 bits per heavy atom. The van der Waals surface area contributed by atoms with Crippen molar-refractivity contribution in [3.63, 3.8) is 0 Å². The van der Waals surface area contributed by atoms with E-state index < -0.39 is 0 Å². The molecule has 0 fully saturated rings. The van der Waals surface area contributed by atoms with Gasteiger partial charge in [0.2, 0.25) is 0 Å². The van der Waals surface area contributed by atoms with Crippen LogP contribution in [-0.2, 0) is 6.42 Å². The quantitative estimate of drug-likeness (QED) is 0.581. The molecule has 2 aromatic rings. The predicted molar refractivity (Wildman–Crippen MR) is 100 cm³/mol. The summed E-state index contributed by atoms with van der Waals surface area (Å²) in [6.45, 7) is 6.34. The minimum absolute atomic E-state index is 0.225. The fraction of sp³-hybridized carbons (Fsp3) is 0.571. The normalized spacial score (nSPS) is 11.3. The van der Waals surface area contributed by atoms with E-state index in [0.717, 1.165) is 40.6 Å². The molecule has 126 valence electrons. The fourth-order valence-electron chi connectivity index (χ4n) is 3.36. The molecule has 0 saturated heterocycles. The molecule has 0 amide bonds. The first-order chi connectivity index (χ1) is 11.1. The lowest BCUT2D eigenvalue weighted by Crippen LogP contribution is -2.13. The van der Waals surface area contributed by atoms with Crippen LogP contribution in [0.2, 0.25) is 0 Å². The third-order valence-corrected chi connectivity index (χ3v) is 4.84. The number of pyridine rings is 1. The number of aromatic amines is 1. The average Bonchev–Trinajstić information content (AvgIpc) is 2.54. The van der Waals surface area contributed by atoms with Crippen molar-refractivity contribution in [2.75, 3.05) is 0 Å². The Bertz CT molecular complexity index is 684. The highest BCUT2D eigenvalue weighted by Gasteiger charge is 2.10. The number of unbranched alkanes of at least 4 members (excludes halogenated alkanes) is 7. The Morgan fingerprint density at radius 2 is 1.57 bits per heavy atom. The number of para-hydroxylation sites is 1. The molecule has 1 aromatic heterocycles. The molecule has 1 aromatic carbocycles. The van der Waals surface area contributed by atoms with E-state index in [-0.39, 0.29) is 5.43 Å². The largest absolute Gasteiger partial charge is 0.358 e. The Kier molecular flexibility index (Phi) is 6.88. The zero-order valence-electron chi connectivity index (χ0n) is 15.0. The fourth-order valence-corrected chi connectivity index (χ4v) is 3.36. The van der Waals surface area contributed by atoms with E-state index in [1.807, 2.05) is 19.1 Å². The third kappa shape index (κ3) is 4.70. The molecule has 2 heteroatoms. The van der Waals surface area contributed by atoms with Gasteiger partial charge in [-0.15, -0.1) is 0 Å². The lowest BCUT2D eigenvalue weighted by atomic mass is 10.0. The van der Waals surface area contributed by atoms with Crippen molar-refractivity contribution in [2.45, 2.75) is 78.6 Å². The Hall–Kier alpha value is -1.57. The average molecular weight is 313 g/mol. The number of aromatic nitrogens is 1. The first-order valence-electron chi connectivity index (χ1n) is 9.26. The predicted octanol–water partition coefficient (Wildman–Crippen LogP) is 5.83. The number of nitrogens with one attached hydrogen (secondary N) is 1. The monoisotopic (exact) mass is 313 g/mol. The van der Waals surface area contributed by atoms with Gasteiger partial charge in [0.15, 0.2) is 5.43 Å². The van der Waals surface area contributed by atoms with Crippen molar-refractivity contribution >= 4 is 10.9 Å². The summed E-state index contributed by atoms with van der Waals surface area (Å²) >= 11 is 0. The number of hydrogen-bond donors (Lipinski definition) is 1. The van der Waals surface area contributed by atoms with E-state index in [1.54, 1.807) is 0 Å². The topological polar surface area (TPSA) is 32.9 Å². The number of H-pyrrole nitrogens is 1. The molecule has 2 nitrogen and oxygen atoms in total. The van der Waals surface area contributed by atoms with Crippen LogP contribution in [0.1, 0.15) is 75.1 Å². The number of rotatable bonds is 9. The Morgan fingerprint density at radius 1 is 0.913 bits per heavy atom. The van der Waals surface area contributed by atoms with Crippen molar-refractivity contribution in [1.29, 1.82) is 0 Å². The van der Waals surface area contributed by atoms with Gasteiger partial charge in [-0.25, -0.2) is 0 Å². The second kappa shape index (κ2) is 8.90. The van der Waals surface area contributed by atoms with Gasteiger partial charge in [-0.1, -0.05) is 64.0 Å². The smallest absolute Gasteiger partial charge is 0.192 e. The maximum absolute atomic E-state index is 12.7.